The van der Waals surface area contributed by atoms with Gasteiger partial charge < -0.3 is 14.8 Å². The fourth-order valence-electron chi connectivity index (χ4n) is 1.87. The molecule has 0 unspecified atom stereocenters. The molecule has 0 saturated carbocycles. The Bertz CT molecular complexity index is 672. The average Bonchev–Trinajstić information content (AvgIpc) is 2.51. The molecule has 1 aromatic carbocycles. The van der Waals surface area contributed by atoms with Gasteiger partial charge >= 0.3 is 0 Å². The lowest BCUT2D eigenvalue weighted by Gasteiger charge is -2.12. The molecule has 2 aromatic rings. The van der Waals surface area contributed by atoms with Crippen molar-refractivity contribution in [2.45, 2.75) is 13.8 Å². The Hall–Kier alpha value is -2.27. The number of rotatable bonds is 5. The van der Waals surface area contributed by atoms with Crippen LogP contribution >= 0.6 is 11.6 Å². The summed E-state index contributed by atoms with van der Waals surface area (Å²) in [7, 11) is 1.52. The van der Waals surface area contributed by atoms with Gasteiger partial charge in [0.15, 0.2) is 0 Å². The molecule has 0 radical (unpaired) electrons. The van der Waals surface area contributed by atoms with Gasteiger partial charge in [-0.05, 0) is 31.5 Å². The second-order valence-corrected chi connectivity index (χ2v) is 4.98. The number of carbonyl (C=O) groups excluding carboxylic acids is 1. The number of ether oxygens (including phenoxy) is 2. The van der Waals surface area contributed by atoms with E-state index in [9.17, 15) is 4.79 Å². The molecule has 2 rings (SSSR count). The third-order valence-corrected chi connectivity index (χ3v) is 3.43. The number of hydrogen-bond acceptors (Lipinski definition) is 4. The van der Waals surface area contributed by atoms with Crippen LogP contribution in [0.15, 0.2) is 30.5 Å². The quantitative estimate of drug-likeness (QED) is 0.912. The summed E-state index contributed by atoms with van der Waals surface area (Å²) in [6.45, 7) is 4.26. The maximum atomic E-state index is 12.3. The van der Waals surface area contributed by atoms with E-state index in [0.29, 0.717) is 34.5 Å². The SMILES string of the molecule is CCOc1ccc(C(=O)Nc2cc(C)c(Cl)cc2OC)cn1. The number of benzene rings is 1. The molecule has 116 valence electrons. The molecule has 1 aromatic heterocycles. The fraction of sp³-hybridized carbons (Fsp3) is 0.250. The van der Waals surface area contributed by atoms with E-state index >= 15 is 0 Å². The van der Waals surface area contributed by atoms with Crippen LogP contribution in [0.4, 0.5) is 5.69 Å². The first kappa shape index (κ1) is 16.1. The van der Waals surface area contributed by atoms with E-state index in [1.54, 1.807) is 24.3 Å². The average molecular weight is 321 g/mol. The van der Waals surface area contributed by atoms with Crippen molar-refractivity contribution in [3.05, 3.63) is 46.6 Å². The van der Waals surface area contributed by atoms with Crippen molar-refractivity contribution >= 4 is 23.2 Å². The summed E-state index contributed by atoms with van der Waals surface area (Å²) in [4.78, 5) is 16.3. The number of nitrogens with one attached hydrogen (secondary N) is 1. The third kappa shape index (κ3) is 3.68. The van der Waals surface area contributed by atoms with Gasteiger partial charge in [-0.1, -0.05) is 11.6 Å². The molecule has 5 nitrogen and oxygen atoms in total. The molecule has 0 spiro atoms. The van der Waals surface area contributed by atoms with E-state index < -0.39 is 0 Å². The van der Waals surface area contributed by atoms with Gasteiger partial charge in [-0.25, -0.2) is 4.98 Å². The van der Waals surface area contributed by atoms with E-state index in [4.69, 9.17) is 21.1 Å². The predicted octanol–water partition coefficient (Wildman–Crippen LogP) is 3.70. The fourth-order valence-corrected chi connectivity index (χ4v) is 2.03. The first-order valence-electron chi connectivity index (χ1n) is 6.79. The highest BCUT2D eigenvalue weighted by Gasteiger charge is 2.12. The molecule has 0 aliphatic carbocycles. The van der Waals surface area contributed by atoms with Crippen LogP contribution in [0.2, 0.25) is 5.02 Å². The summed E-state index contributed by atoms with van der Waals surface area (Å²) < 4.78 is 10.5. The standard InChI is InChI=1S/C16H17ClN2O3/c1-4-22-15-6-5-11(9-18-15)16(20)19-13-7-10(2)12(17)8-14(13)21-3/h5-9H,4H2,1-3H3,(H,19,20). The van der Waals surface area contributed by atoms with Gasteiger partial charge in [-0.15, -0.1) is 0 Å². The van der Waals surface area contributed by atoms with E-state index in [0.717, 1.165) is 5.56 Å². The largest absolute Gasteiger partial charge is 0.495 e. The summed E-state index contributed by atoms with van der Waals surface area (Å²) in [6.07, 6.45) is 1.47. The lowest BCUT2D eigenvalue weighted by Crippen LogP contribution is -2.13. The summed E-state index contributed by atoms with van der Waals surface area (Å²) in [5.74, 6) is 0.706. The number of aryl methyl sites for hydroxylation is 1. The Morgan fingerprint density at radius 2 is 2.14 bits per heavy atom. The Morgan fingerprint density at radius 3 is 2.73 bits per heavy atom. The van der Waals surface area contributed by atoms with Gasteiger partial charge in [0.2, 0.25) is 5.88 Å². The lowest BCUT2D eigenvalue weighted by atomic mass is 10.2. The van der Waals surface area contributed by atoms with E-state index in [1.165, 1.54) is 13.3 Å². The number of anilines is 1. The van der Waals surface area contributed by atoms with Crippen molar-refractivity contribution in [1.82, 2.24) is 4.98 Å². The third-order valence-electron chi connectivity index (χ3n) is 3.02. The number of nitrogens with zero attached hydrogens (tertiary/aromatic N) is 1. The van der Waals surface area contributed by atoms with Gasteiger partial charge in [-0.2, -0.15) is 0 Å². The number of aromatic nitrogens is 1. The molecule has 0 fully saturated rings. The minimum absolute atomic E-state index is 0.282. The Kier molecular flexibility index (Phi) is 5.22. The number of halogens is 1. The van der Waals surface area contributed by atoms with Crippen LogP contribution in [0.25, 0.3) is 0 Å². The van der Waals surface area contributed by atoms with Crippen molar-refractivity contribution in [3.63, 3.8) is 0 Å². The van der Waals surface area contributed by atoms with Crippen molar-refractivity contribution < 1.29 is 14.3 Å². The van der Waals surface area contributed by atoms with Crippen LogP contribution in [0.1, 0.15) is 22.8 Å². The first-order valence-corrected chi connectivity index (χ1v) is 7.17. The zero-order chi connectivity index (χ0) is 16.1. The normalized spacial score (nSPS) is 10.2. The van der Waals surface area contributed by atoms with Gasteiger partial charge in [0.1, 0.15) is 5.75 Å². The number of carbonyl (C=O) groups is 1. The van der Waals surface area contributed by atoms with Crippen molar-refractivity contribution in [2.75, 3.05) is 19.0 Å². The maximum Gasteiger partial charge on any atom is 0.257 e. The Labute approximate surface area is 134 Å². The molecule has 0 aliphatic heterocycles. The monoisotopic (exact) mass is 320 g/mol. The highest BCUT2D eigenvalue weighted by atomic mass is 35.5. The maximum absolute atomic E-state index is 12.3. The predicted molar refractivity (Wildman–Crippen MR) is 86.1 cm³/mol. The van der Waals surface area contributed by atoms with E-state index in [2.05, 4.69) is 10.3 Å². The lowest BCUT2D eigenvalue weighted by molar-refractivity contribution is 0.102. The molecule has 1 amide bonds. The van der Waals surface area contributed by atoms with Gasteiger partial charge in [-0.3, -0.25) is 4.79 Å². The van der Waals surface area contributed by atoms with Crippen LogP contribution < -0.4 is 14.8 Å². The molecule has 1 heterocycles. The van der Waals surface area contributed by atoms with Crippen molar-refractivity contribution in [1.29, 1.82) is 0 Å². The number of hydrogen-bond donors (Lipinski definition) is 1. The van der Waals surface area contributed by atoms with Gasteiger partial charge in [0.05, 0.1) is 25.0 Å². The number of pyridine rings is 1. The molecule has 22 heavy (non-hydrogen) atoms. The molecule has 1 N–H and O–H groups in total. The van der Waals surface area contributed by atoms with E-state index in [-0.39, 0.29) is 5.91 Å². The van der Waals surface area contributed by atoms with E-state index in [1.807, 2.05) is 13.8 Å². The van der Waals surface area contributed by atoms with Crippen molar-refractivity contribution in [2.24, 2.45) is 0 Å². The minimum Gasteiger partial charge on any atom is -0.495 e. The molecule has 0 aliphatic rings. The Morgan fingerprint density at radius 1 is 1.36 bits per heavy atom. The minimum atomic E-state index is -0.282. The van der Waals surface area contributed by atoms with Crippen LogP contribution in [-0.4, -0.2) is 24.6 Å². The molecular weight excluding hydrogens is 304 g/mol. The topological polar surface area (TPSA) is 60.5 Å². The Balaban J connectivity index is 2.19. The zero-order valence-corrected chi connectivity index (χ0v) is 13.4. The number of methoxy groups -OCH3 is 1. The summed E-state index contributed by atoms with van der Waals surface area (Å²) in [6, 6.07) is 6.75. The highest BCUT2D eigenvalue weighted by molar-refractivity contribution is 6.31. The molecule has 0 bridgehead atoms. The second-order valence-electron chi connectivity index (χ2n) is 4.57. The second kappa shape index (κ2) is 7.13. The zero-order valence-electron chi connectivity index (χ0n) is 12.6. The van der Waals surface area contributed by atoms with Crippen LogP contribution in [-0.2, 0) is 0 Å². The van der Waals surface area contributed by atoms with Gasteiger partial charge in [0, 0.05) is 23.4 Å². The van der Waals surface area contributed by atoms with Crippen LogP contribution in [0.5, 0.6) is 11.6 Å². The molecule has 0 saturated heterocycles. The van der Waals surface area contributed by atoms with Gasteiger partial charge in [0.25, 0.3) is 5.91 Å². The molecule has 6 heteroatoms. The first-order chi connectivity index (χ1) is 10.5. The summed E-state index contributed by atoms with van der Waals surface area (Å²) in [5, 5.41) is 3.37. The van der Waals surface area contributed by atoms with Crippen LogP contribution in [0.3, 0.4) is 0 Å². The number of amides is 1. The highest BCUT2D eigenvalue weighted by Crippen LogP contribution is 2.31. The summed E-state index contributed by atoms with van der Waals surface area (Å²) in [5.41, 5.74) is 1.84. The molecule has 0 atom stereocenters. The van der Waals surface area contributed by atoms with Crippen molar-refractivity contribution in [3.8, 4) is 11.6 Å². The van der Waals surface area contributed by atoms with Crippen LogP contribution in [0, 0.1) is 6.92 Å². The smallest absolute Gasteiger partial charge is 0.257 e. The molecular formula is C16H17ClN2O3. The summed E-state index contributed by atoms with van der Waals surface area (Å²) >= 11 is 6.05.